The summed E-state index contributed by atoms with van der Waals surface area (Å²) in [7, 11) is 0. The predicted octanol–water partition coefficient (Wildman–Crippen LogP) is 3.56. The molecule has 0 saturated carbocycles. The molecule has 5 heteroatoms. The minimum atomic E-state index is -0.133. The first-order valence-electron chi connectivity index (χ1n) is 4.99. The van der Waals surface area contributed by atoms with Gasteiger partial charge in [0.25, 0.3) is 0 Å². The van der Waals surface area contributed by atoms with Crippen molar-refractivity contribution < 1.29 is 9.90 Å². The molecular formula is C11H11NO2S2. The Balaban J connectivity index is 2.32. The third-order valence-corrected chi connectivity index (χ3v) is 4.20. The van der Waals surface area contributed by atoms with Gasteiger partial charge in [-0.25, -0.2) is 4.98 Å². The molecule has 1 N–H and O–H groups in total. The van der Waals surface area contributed by atoms with Crippen molar-refractivity contribution in [1.82, 2.24) is 4.98 Å². The van der Waals surface area contributed by atoms with Crippen LogP contribution in [0.15, 0.2) is 17.5 Å². The fraction of sp³-hybridized carbons (Fsp3) is 0.273. The second-order valence-electron chi connectivity index (χ2n) is 3.32. The number of ketones is 1. The lowest BCUT2D eigenvalue weighted by Crippen LogP contribution is -1.94. The van der Waals surface area contributed by atoms with Gasteiger partial charge in [-0.3, -0.25) is 4.79 Å². The summed E-state index contributed by atoms with van der Waals surface area (Å²) >= 11 is 2.81. The fourth-order valence-corrected chi connectivity index (χ4v) is 3.06. The van der Waals surface area contributed by atoms with Crippen LogP contribution in [0.5, 0.6) is 5.88 Å². The highest BCUT2D eigenvalue weighted by atomic mass is 32.1. The van der Waals surface area contributed by atoms with Crippen LogP contribution in [-0.2, 0) is 0 Å². The molecule has 84 valence electrons. The Kier molecular flexibility index (Phi) is 3.36. The number of aromatic hydroxyl groups is 1. The third kappa shape index (κ3) is 2.15. The summed E-state index contributed by atoms with van der Waals surface area (Å²) in [6.45, 7) is 1.94. The van der Waals surface area contributed by atoms with E-state index >= 15 is 0 Å². The maximum absolute atomic E-state index is 11.7. The van der Waals surface area contributed by atoms with E-state index in [0.29, 0.717) is 16.3 Å². The van der Waals surface area contributed by atoms with Gasteiger partial charge in [-0.05, 0) is 17.9 Å². The quantitative estimate of drug-likeness (QED) is 0.847. The van der Waals surface area contributed by atoms with Gasteiger partial charge >= 0.3 is 0 Å². The molecule has 2 rings (SSSR count). The lowest BCUT2D eigenvalue weighted by Gasteiger charge is -1.92. The van der Waals surface area contributed by atoms with Crippen molar-refractivity contribution in [2.75, 3.05) is 0 Å². The van der Waals surface area contributed by atoms with Crippen LogP contribution >= 0.6 is 22.7 Å². The minimum absolute atomic E-state index is 0.0275. The standard InChI is InChI=1S/C11H11NO2S2/c1-2-4-7(13)9-10(14)12-11(16-9)8-5-3-6-15-8/h3,5-6,14H,2,4H2,1H3. The number of thiazole rings is 1. The van der Waals surface area contributed by atoms with Crippen molar-refractivity contribution in [2.24, 2.45) is 0 Å². The zero-order valence-electron chi connectivity index (χ0n) is 8.77. The molecule has 0 atom stereocenters. The molecule has 0 aliphatic heterocycles. The number of rotatable bonds is 4. The van der Waals surface area contributed by atoms with Crippen molar-refractivity contribution in [3.05, 3.63) is 22.4 Å². The molecule has 16 heavy (non-hydrogen) atoms. The SMILES string of the molecule is CCCC(=O)c1sc(-c2cccs2)nc1O. The lowest BCUT2D eigenvalue weighted by atomic mass is 10.2. The van der Waals surface area contributed by atoms with Crippen molar-refractivity contribution in [3.8, 4) is 15.8 Å². The summed E-state index contributed by atoms with van der Waals surface area (Å²) in [4.78, 5) is 17.0. The molecule has 0 radical (unpaired) electrons. The number of hydrogen-bond donors (Lipinski definition) is 1. The van der Waals surface area contributed by atoms with Crippen LogP contribution in [0.2, 0.25) is 0 Å². The monoisotopic (exact) mass is 253 g/mol. The van der Waals surface area contributed by atoms with Gasteiger partial charge in [0.1, 0.15) is 9.88 Å². The lowest BCUT2D eigenvalue weighted by molar-refractivity contribution is 0.0983. The van der Waals surface area contributed by atoms with Crippen molar-refractivity contribution in [3.63, 3.8) is 0 Å². The molecule has 2 heterocycles. The molecule has 0 saturated heterocycles. The first-order valence-corrected chi connectivity index (χ1v) is 6.69. The number of carbonyl (C=O) groups is 1. The average Bonchev–Trinajstić information content (AvgIpc) is 2.86. The normalized spacial score (nSPS) is 10.6. The zero-order valence-corrected chi connectivity index (χ0v) is 10.4. The molecule has 0 fully saturated rings. The van der Waals surface area contributed by atoms with E-state index in [1.807, 2.05) is 24.4 Å². The van der Waals surface area contributed by atoms with Crippen LogP contribution in [-0.4, -0.2) is 15.9 Å². The van der Waals surface area contributed by atoms with E-state index in [-0.39, 0.29) is 11.7 Å². The highest BCUT2D eigenvalue weighted by molar-refractivity contribution is 7.22. The average molecular weight is 253 g/mol. The van der Waals surface area contributed by atoms with E-state index in [0.717, 1.165) is 11.3 Å². The second kappa shape index (κ2) is 4.76. The van der Waals surface area contributed by atoms with E-state index in [9.17, 15) is 9.90 Å². The molecular weight excluding hydrogens is 242 g/mol. The molecule has 0 aromatic carbocycles. The molecule has 0 aliphatic rings. The number of Topliss-reactive ketones (excluding diaryl/α,β-unsaturated/α-hetero) is 1. The van der Waals surface area contributed by atoms with Gasteiger partial charge < -0.3 is 5.11 Å². The number of carbonyl (C=O) groups excluding carboxylic acids is 1. The molecule has 2 aromatic heterocycles. The van der Waals surface area contributed by atoms with E-state index in [4.69, 9.17) is 0 Å². The molecule has 3 nitrogen and oxygen atoms in total. The smallest absolute Gasteiger partial charge is 0.233 e. The Morgan fingerprint density at radius 1 is 1.56 bits per heavy atom. The van der Waals surface area contributed by atoms with Crippen LogP contribution in [0.25, 0.3) is 9.88 Å². The fourth-order valence-electron chi connectivity index (χ4n) is 1.34. The van der Waals surface area contributed by atoms with Crippen LogP contribution in [0.4, 0.5) is 0 Å². The van der Waals surface area contributed by atoms with Crippen LogP contribution in [0, 0.1) is 0 Å². The van der Waals surface area contributed by atoms with Crippen LogP contribution in [0.3, 0.4) is 0 Å². The first-order chi connectivity index (χ1) is 7.72. The summed E-state index contributed by atoms with van der Waals surface area (Å²) in [5.41, 5.74) is 0. The van der Waals surface area contributed by atoms with Gasteiger partial charge in [-0.1, -0.05) is 13.0 Å². The summed E-state index contributed by atoms with van der Waals surface area (Å²) in [6.07, 6.45) is 1.24. The van der Waals surface area contributed by atoms with E-state index < -0.39 is 0 Å². The number of nitrogens with zero attached hydrogens (tertiary/aromatic N) is 1. The third-order valence-electron chi connectivity index (χ3n) is 2.07. The zero-order chi connectivity index (χ0) is 11.5. The number of aromatic nitrogens is 1. The molecule has 2 aromatic rings. The van der Waals surface area contributed by atoms with Crippen molar-refractivity contribution in [2.45, 2.75) is 19.8 Å². The highest BCUT2D eigenvalue weighted by Crippen LogP contribution is 2.34. The van der Waals surface area contributed by atoms with Crippen molar-refractivity contribution in [1.29, 1.82) is 0 Å². The van der Waals surface area contributed by atoms with Gasteiger partial charge in [0.15, 0.2) is 5.78 Å². The first kappa shape index (κ1) is 11.3. The largest absolute Gasteiger partial charge is 0.492 e. The summed E-state index contributed by atoms with van der Waals surface area (Å²) < 4.78 is 0. The van der Waals surface area contributed by atoms with Gasteiger partial charge in [0.05, 0.1) is 4.88 Å². The van der Waals surface area contributed by atoms with Gasteiger partial charge in [0.2, 0.25) is 5.88 Å². The Morgan fingerprint density at radius 2 is 2.38 bits per heavy atom. The maximum atomic E-state index is 11.7. The summed E-state index contributed by atoms with van der Waals surface area (Å²) in [5, 5.41) is 12.3. The van der Waals surface area contributed by atoms with E-state index in [1.165, 1.54) is 11.3 Å². The van der Waals surface area contributed by atoms with Gasteiger partial charge in [-0.15, -0.1) is 22.7 Å². The maximum Gasteiger partial charge on any atom is 0.233 e. The Hall–Kier alpha value is -1.20. The number of hydrogen-bond acceptors (Lipinski definition) is 5. The van der Waals surface area contributed by atoms with Gasteiger partial charge in [0, 0.05) is 6.42 Å². The Labute approximate surface area is 101 Å². The summed E-state index contributed by atoms with van der Waals surface area (Å²) in [6, 6.07) is 3.85. The molecule has 0 amide bonds. The van der Waals surface area contributed by atoms with E-state index in [1.54, 1.807) is 11.3 Å². The topological polar surface area (TPSA) is 50.2 Å². The van der Waals surface area contributed by atoms with Gasteiger partial charge in [-0.2, -0.15) is 0 Å². The highest BCUT2D eigenvalue weighted by Gasteiger charge is 2.17. The van der Waals surface area contributed by atoms with Crippen LogP contribution < -0.4 is 0 Å². The molecule has 0 bridgehead atoms. The Bertz CT molecular complexity index is 488. The van der Waals surface area contributed by atoms with Crippen molar-refractivity contribution >= 4 is 28.5 Å². The Morgan fingerprint density at radius 3 is 3.00 bits per heavy atom. The second-order valence-corrected chi connectivity index (χ2v) is 5.27. The molecule has 0 spiro atoms. The number of thiophene rings is 1. The molecule has 0 aliphatic carbocycles. The van der Waals surface area contributed by atoms with E-state index in [2.05, 4.69) is 4.98 Å². The summed E-state index contributed by atoms with van der Waals surface area (Å²) in [5.74, 6) is -0.160. The minimum Gasteiger partial charge on any atom is -0.492 e. The van der Waals surface area contributed by atoms with Crippen LogP contribution in [0.1, 0.15) is 29.4 Å². The molecule has 0 unspecified atom stereocenters. The predicted molar refractivity (Wildman–Crippen MR) is 66.3 cm³/mol.